The van der Waals surface area contributed by atoms with E-state index in [-0.39, 0.29) is 0 Å². The largest absolute Gasteiger partial charge is 0.303 e. The van der Waals surface area contributed by atoms with Crippen molar-refractivity contribution in [3.63, 3.8) is 0 Å². The van der Waals surface area contributed by atoms with E-state index in [0.717, 1.165) is 5.33 Å². The lowest BCUT2D eigenvalue weighted by molar-refractivity contribution is 0.284. The van der Waals surface area contributed by atoms with E-state index in [2.05, 4.69) is 34.7 Å². The predicted octanol–water partition coefficient (Wildman–Crippen LogP) is 4.84. The molecule has 0 heterocycles. The Morgan fingerprint density at radius 1 is 0.688 bits per heavy atom. The summed E-state index contributed by atoms with van der Waals surface area (Å²) in [5.41, 5.74) is 0. The van der Waals surface area contributed by atoms with E-state index >= 15 is 0 Å². The fourth-order valence-corrected chi connectivity index (χ4v) is 2.57. The summed E-state index contributed by atoms with van der Waals surface area (Å²) in [7, 11) is 0. The minimum Gasteiger partial charge on any atom is -0.303 e. The molecule has 0 saturated heterocycles. The Morgan fingerprint density at radius 2 is 1.31 bits per heavy atom. The van der Waals surface area contributed by atoms with E-state index in [1.165, 1.54) is 71.0 Å². The Balaban J connectivity index is 3.25. The average Bonchev–Trinajstić information content (AvgIpc) is 2.28. The Bertz CT molecular complexity index is 122. The number of unbranched alkanes of at least 4 members (excludes halogenated alkanes) is 6. The van der Waals surface area contributed by atoms with Gasteiger partial charge in [0.25, 0.3) is 0 Å². The second-order valence-electron chi connectivity index (χ2n) is 4.65. The summed E-state index contributed by atoms with van der Waals surface area (Å²) in [5, 5.41) is 1.11. The van der Waals surface area contributed by atoms with E-state index in [0.29, 0.717) is 0 Å². The minimum atomic E-state index is 1.11. The summed E-state index contributed by atoms with van der Waals surface area (Å²) in [6, 6.07) is 0. The van der Waals surface area contributed by atoms with Gasteiger partial charge >= 0.3 is 0 Å². The quantitative estimate of drug-likeness (QED) is 0.367. The zero-order chi connectivity index (χ0) is 12.1. The second-order valence-corrected chi connectivity index (χ2v) is 5.44. The summed E-state index contributed by atoms with van der Waals surface area (Å²) in [4.78, 5) is 2.58. The topological polar surface area (TPSA) is 3.24 Å². The van der Waals surface area contributed by atoms with Crippen LogP contribution in [0.25, 0.3) is 0 Å². The van der Waals surface area contributed by atoms with Crippen molar-refractivity contribution in [2.24, 2.45) is 0 Å². The number of rotatable bonds is 12. The molecule has 0 aliphatic heterocycles. The Hall–Kier alpha value is 0.440. The molecule has 0 aromatic rings. The van der Waals surface area contributed by atoms with Gasteiger partial charge in [-0.2, -0.15) is 0 Å². The van der Waals surface area contributed by atoms with Gasteiger partial charge in [-0.1, -0.05) is 68.3 Å². The van der Waals surface area contributed by atoms with Gasteiger partial charge in [-0.3, -0.25) is 0 Å². The molecule has 0 rings (SSSR count). The number of halogens is 1. The Kier molecular flexibility index (Phi) is 13.9. The van der Waals surface area contributed by atoms with Crippen molar-refractivity contribution in [1.82, 2.24) is 4.90 Å². The maximum absolute atomic E-state index is 3.53. The van der Waals surface area contributed by atoms with Crippen LogP contribution < -0.4 is 0 Å². The van der Waals surface area contributed by atoms with Crippen LogP contribution in [0.2, 0.25) is 0 Å². The molecule has 0 radical (unpaired) electrons. The molecular weight excluding hydrogens is 262 g/mol. The molecule has 0 atom stereocenters. The van der Waals surface area contributed by atoms with Crippen molar-refractivity contribution in [3.05, 3.63) is 0 Å². The fraction of sp³-hybridized carbons (Fsp3) is 1.00. The molecule has 0 spiro atoms. The standard InChI is InChI=1S/C14H30BrN/c1-3-5-6-7-8-9-10-13-16(12-4-2)14-11-15/h3-14H2,1-2H3. The first-order valence-electron chi connectivity index (χ1n) is 7.13. The minimum absolute atomic E-state index is 1.11. The average molecular weight is 292 g/mol. The molecule has 0 unspecified atom stereocenters. The van der Waals surface area contributed by atoms with Crippen LogP contribution in [0.5, 0.6) is 0 Å². The maximum Gasteiger partial charge on any atom is 0.0159 e. The Morgan fingerprint density at radius 3 is 1.88 bits per heavy atom. The highest BCUT2D eigenvalue weighted by atomic mass is 79.9. The van der Waals surface area contributed by atoms with E-state index in [1.54, 1.807) is 0 Å². The number of alkyl halides is 1. The van der Waals surface area contributed by atoms with Gasteiger partial charge in [-0.05, 0) is 25.9 Å². The van der Waals surface area contributed by atoms with Crippen LogP contribution in [0, 0.1) is 0 Å². The molecule has 1 nitrogen and oxygen atoms in total. The van der Waals surface area contributed by atoms with Crippen molar-refractivity contribution in [2.45, 2.75) is 65.2 Å². The van der Waals surface area contributed by atoms with Crippen molar-refractivity contribution in [2.75, 3.05) is 25.0 Å². The molecule has 2 heteroatoms. The second kappa shape index (κ2) is 13.5. The molecule has 0 N–H and O–H groups in total. The van der Waals surface area contributed by atoms with Crippen LogP contribution >= 0.6 is 15.9 Å². The highest BCUT2D eigenvalue weighted by Crippen LogP contribution is 2.07. The van der Waals surface area contributed by atoms with Gasteiger partial charge in [0.2, 0.25) is 0 Å². The third-order valence-corrected chi connectivity index (χ3v) is 3.37. The molecule has 0 aromatic heterocycles. The van der Waals surface area contributed by atoms with Crippen molar-refractivity contribution in [1.29, 1.82) is 0 Å². The zero-order valence-electron chi connectivity index (χ0n) is 11.3. The van der Waals surface area contributed by atoms with Crippen LogP contribution in [0.15, 0.2) is 0 Å². The summed E-state index contributed by atoms with van der Waals surface area (Å²) in [6.45, 7) is 8.33. The van der Waals surface area contributed by atoms with Gasteiger partial charge in [0.05, 0.1) is 0 Å². The van der Waals surface area contributed by atoms with Crippen LogP contribution in [0.4, 0.5) is 0 Å². The summed E-state index contributed by atoms with van der Waals surface area (Å²) in [5.74, 6) is 0. The molecule has 0 amide bonds. The lowest BCUT2D eigenvalue weighted by atomic mass is 10.1. The summed E-state index contributed by atoms with van der Waals surface area (Å²) < 4.78 is 0. The predicted molar refractivity (Wildman–Crippen MR) is 78.5 cm³/mol. The van der Waals surface area contributed by atoms with Crippen LogP contribution in [-0.2, 0) is 0 Å². The van der Waals surface area contributed by atoms with E-state index in [1.807, 2.05) is 0 Å². The van der Waals surface area contributed by atoms with Gasteiger partial charge in [0.1, 0.15) is 0 Å². The molecular formula is C14H30BrN. The first kappa shape index (κ1) is 16.4. The van der Waals surface area contributed by atoms with Crippen molar-refractivity contribution in [3.8, 4) is 0 Å². The molecule has 0 aliphatic carbocycles. The first-order valence-corrected chi connectivity index (χ1v) is 8.25. The molecule has 16 heavy (non-hydrogen) atoms. The number of hydrogen-bond donors (Lipinski definition) is 0. The van der Waals surface area contributed by atoms with Crippen LogP contribution in [0.1, 0.15) is 65.2 Å². The molecule has 98 valence electrons. The van der Waals surface area contributed by atoms with E-state index in [4.69, 9.17) is 0 Å². The lowest BCUT2D eigenvalue weighted by Gasteiger charge is -2.20. The molecule has 0 aliphatic rings. The highest BCUT2D eigenvalue weighted by Gasteiger charge is 2.01. The van der Waals surface area contributed by atoms with Crippen molar-refractivity contribution >= 4 is 15.9 Å². The molecule has 0 saturated carbocycles. The monoisotopic (exact) mass is 291 g/mol. The fourth-order valence-electron chi connectivity index (χ4n) is 2.06. The van der Waals surface area contributed by atoms with Crippen molar-refractivity contribution < 1.29 is 0 Å². The number of hydrogen-bond acceptors (Lipinski definition) is 1. The Labute approximate surface area is 111 Å². The van der Waals surface area contributed by atoms with E-state index < -0.39 is 0 Å². The van der Waals surface area contributed by atoms with Gasteiger partial charge in [-0.25, -0.2) is 0 Å². The molecule has 0 aromatic carbocycles. The third-order valence-electron chi connectivity index (χ3n) is 3.02. The van der Waals surface area contributed by atoms with Gasteiger partial charge < -0.3 is 4.90 Å². The summed E-state index contributed by atoms with van der Waals surface area (Å²) >= 11 is 3.53. The van der Waals surface area contributed by atoms with Gasteiger partial charge in [0, 0.05) is 11.9 Å². The maximum atomic E-state index is 3.53. The van der Waals surface area contributed by atoms with Gasteiger partial charge in [-0.15, -0.1) is 0 Å². The van der Waals surface area contributed by atoms with Crippen LogP contribution in [-0.4, -0.2) is 29.9 Å². The summed E-state index contributed by atoms with van der Waals surface area (Å²) in [6.07, 6.45) is 11.2. The van der Waals surface area contributed by atoms with Crippen LogP contribution in [0.3, 0.4) is 0 Å². The van der Waals surface area contributed by atoms with Gasteiger partial charge in [0.15, 0.2) is 0 Å². The smallest absolute Gasteiger partial charge is 0.0159 e. The zero-order valence-corrected chi connectivity index (χ0v) is 12.9. The third kappa shape index (κ3) is 10.9. The lowest BCUT2D eigenvalue weighted by Crippen LogP contribution is -2.27. The highest BCUT2D eigenvalue weighted by molar-refractivity contribution is 9.09. The first-order chi connectivity index (χ1) is 7.85. The molecule has 0 fully saturated rings. The normalized spacial score (nSPS) is 11.2. The number of nitrogens with zero attached hydrogens (tertiary/aromatic N) is 1. The SMILES string of the molecule is CCCCCCCCCN(CCC)CCBr. The van der Waals surface area contributed by atoms with E-state index in [9.17, 15) is 0 Å². The molecule has 0 bridgehead atoms.